The van der Waals surface area contributed by atoms with Crippen molar-refractivity contribution in [3.05, 3.63) is 84.1 Å². The van der Waals surface area contributed by atoms with Crippen LogP contribution in [0.25, 0.3) is 22.3 Å². The fourth-order valence-corrected chi connectivity index (χ4v) is 3.98. The summed E-state index contributed by atoms with van der Waals surface area (Å²) in [4.78, 5) is 18.1. The van der Waals surface area contributed by atoms with E-state index in [-0.39, 0.29) is 11.9 Å². The Morgan fingerprint density at radius 1 is 1.10 bits per heavy atom. The smallest absolute Gasteiger partial charge is 0.252 e. The highest BCUT2D eigenvalue weighted by Crippen LogP contribution is 2.25. The van der Waals surface area contributed by atoms with E-state index < -0.39 is 0 Å². The number of hydrogen-bond acceptors (Lipinski definition) is 4. The molecule has 5 rings (SSSR count). The maximum Gasteiger partial charge on any atom is 0.252 e. The van der Waals surface area contributed by atoms with Crippen molar-refractivity contribution in [3.8, 4) is 11.3 Å². The molecule has 2 aromatic carbocycles. The van der Waals surface area contributed by atoms with Gasteiger partial charge >= 0.3 is 0 Å². The van der Waals surface area contributed by atoms with Crippen LogP contribution in [0.15, 0.2) is 72.9 Å². The van der Waals surface area contributed by atoms with Crippen molar-refractivity contribution in [1.29, 1.82) is 0 Å². The highest BCUT2D eigenvalue weighted by molar-refractivity contribution is 6.06. The molecule has 1 atom stereocenters. The second-order valence-electron chi connectivity index (χ2n) is 7.83. The van der Waals surface area contributed by atoms with Crippen LogP contribution in [0.1, 0.15) is 28.8 Å². The van der Waals surface area contributed by atoms with Crippen LogP contribution in [0.3, 0.4) is 0 Å². The van der Waals surface area contributed by atoms with Crippen LogP contribution in [-0.2, 0) is 11.3 Å². The van der Waals surface area contributed by atoms with Gasteiger partial charge in [-0.1, -0.05) is 60.7 Å². The molecule has 0 aliphatic carbocycles. The molecular weight excluding hydrogens is 388 g/mol. The molecule has 4 aromatic rings. The highest BCUT2D eigenvalue weighted by Gasteiger charge is 2.21. The van der Waals surface area contributed by atoms with Crippen LogP contribution < -0.4 is 5.32 Å². The van der Waals surface area contributed by atoms with Gasteiger partial charge in [-0.3, -0.25) is 4.79 Å². The molecule has 1 unspecified atom stereocenters. The summed E-state index contributed by atoms with van der Waals surface area (Å²) >= 11 is 0. The van der Waals surface area contributed by atoms with Gasteiger partial charge in [-0.05, 0) is 24.5 Å². The number of benzene rings is 2. The Hall–Kier alpha value is -3.51. The topological polar surface area (TPSA) is 69.0 Å². The summed E-state index contributed by atoms with van der Waals surface area (Å²) in [5, 5.41) is 8.46. The average molecular weight is 412 g/mol. The van der Waals surface area contributed by atoms with Crippen molar-refractivity contribution in [2.75, 3.05) is 13.2 Å². The molecule has 6 heteroatoms. The van der Waals surface area contributed by atoms with Crippen LogP contribution >= 0.6 is 0 Å². The lowest BCUT2D eigenvalue weighted by Gasteiger charge is -2.23. The zero-order valence-electron chi connectivity index (χ0n) is 17.2. The van der Waals surface area contributed by atoms with Crippen LogP contribution in [0.2, 0.25) is 0 Å². The Labute approximate surface area is 180 Å². The second kappa shape index (κ2) is 8.70. The van der Waals surface area contributed by atoms with Gasteiger partial charge in [0.25, 0.3) is 5.91 Å². The van der Waals surface area contributed by atoms with Gasteiger partial charge in [-0.2, -0.15) is 5.10 Å². The average Bonchev–Trinajstić information content (AvgIpc) is 3.23. The van der Waals surface area contributed by atoms with Crippen molar-refractivity contribution in [2.24, 2.45) is 0 Å². The summed E-state index contributed by atoms with van der Waals surface area (Å²) in [5.41, 5.74) is 4.15. The molecule has 0 saturated carbocycles. The summed E-state index contributed by atoms with van der Waals surface area (Å²) in [6.07, 6.45) is 3.63. The number of ether oxygens (including phenoxy) is 1. The Balaban J connectivity index is 1.57. The van der Waals surface area contributed by atoms with Crippen molar-refractivity contribution in [3.63, 3.8) is 0 Å². The zero-order chi connectivity index (χ0) is 21.0. The first kappa shape index (κ1) is 19.5. The standard InChI is InChI=1S/C25H24N4O2/c30-25(27-20-12-7-13-31-17-20)21-14-23(19-10-5-2-6-11-19)28-24-22(21)15-26-29(24)16-18-8-3-1-4-9-18/h1-6,8-11,14-15,20H,7,12-13,16-17H2,(H,27,30). The molecule has 6 nitrogen and oxygen atoms in total. The van der Waals surface area contributed by atoms with Gasteiger partial charge in [0, 0.05) is 12.2 Å². The van der Waals surface area contributed by atoms with Crippen LogP contribution in [0.5, 0.6) is 0 Å². The molecule has 1 saturated heterocycles. The molecule has 3 heterocycles. The number of aromatic nitrogens is 3. The van der Waals surface area contributed by atoms with E-state index in [0.29, 0.717) is 24.4 Å². The molecule has 156 valence electrons. The number of rotatable bonds is 5. The lowest BCUT2D eigenvalue weighted by atomic mass is 10.1. The van der Waals surface area contributed by atoms with E-state index in [1.54, 1.807) is 6.20 Å². The van der Waals surface area contributed by atoms with Crippen molar-refractivity contribution in [2.45, 2.75) is 25.4 Å². The molecule has 31 heavy (non-hydrogen) atoms. The number of fused-ring (bicyclic) bond motifs is 1. The predicted octanol–water partition coefficient (Wildman–Crippen LogP) is 4.06. The van der Waals surface area contributed by atoms with Gasteiger partial charge in [-0.25, -0.2) is 9.67 Å². The third kappa shape index (κ3) is 4.20. The lowest BCUT2D eigenvalue weighted by molar-refractivity contribution is 0.0625. The Morgan fingerprint density at radius 2 is 1.87 bits per heavy atom. The van der Waals surface area contributed by atoms with Gasteiger partial charge in [0.15, 0.2) is 5.65 Å². The quantitative estimate of drug-likeness (QED) is 0.537. The third-order valence-corrected chi connectivity index (χ3v) is 5.59. The molecular formula is C25H24N4O2. The van der Waals surface area contributed by atoms with Crippen molar-refractivity contribution in [1.82, 2.24) is 20.1 Å². The number of amides is 1. The monoisotopic (exact) mass is 412 g/mol. The molecule has 0 bridgehead atoms. The summed E-state index contributed by atoms with van der Waals surface area (Å²) in [6.45, 7) is 1.90. The first-order valence-electron chi connectivity index (χ1n) is 10.6. The Kier molecular flexibility index (Phi) is 5.46. The van der Waals surface area contributed by atoms with E-state index in [1.807, 2.05) is 59.3 Å². The summed E-state index contributed by atoms with van der Waals surface area (Å²) in [7, 11) is 0. The molecule has 0 spiro atoms. The van der Waals surface area contributed by atoms with Crippen LogP contribution in [0, 0.1) is 0 Å². The zero-order valence-corrected chi connectivity index (χ0v) is 17.2. The lowest BCUT2D eigenvalue weighted by Crippen LogP contribution is -2.40. The Bertz CT molecular complexity index is 1180. The number of hydrogen-bond donors (Lipinski definition) is 1. The van der Waals surface area contributed by atoms with Crippen molar-refractivity contribution < 1.29 is 9.53 Å². The van der Waals surface area contributed by atoms with E-state index in [2.05, 4.69) is 22.5 Å². The first-order valence-corrected chi connectivity index (χ1v) is 10.6. The fourth-order valence-electron chi connectivity index (χ4n) is 3.98. The third-order valence-electron chi connectivity index (χ3n) is 5.59. The normalized spacial score (nSPS) is 16.3. The van der Waals surface area contributed by atoms with Crippen LogP contribution in [0.4, 0.5) is 0 Å². The number of nitrogens with one attached hydrogen (secondary N) is 1. The van der Waals surface area contributed by atoms with Gasteiger partial charge in [0.1, 0.15) is 0 Å². The predicted molar refractivity (Wildman–Crippen MR) is 120 cm³/mol. The van der Waals surface area contributed by atoms with E-state index in [1.165, 1.54) is 0 Å². The fraction of sp³-hybridized carbons (Fsp3) is 0.240. The molecule has 0 radical (unpaired) electrons. The maximum atomic E-state index is 13.2. The first-order chi connectivity index (χ1) is 15.3. The van der Waals surface area contributed by atoms with E-state index in [9.17, 15) is 4.79 Å². The molecule has 1 aliphatic rings. The second-order valence-corrected chi connectivity index (χ2v) is 7.83. The number of carbonyl (C=O) groups excluding carboxylic acids is 1. The minimum absolute atomic E-state index is 0.0315. The summed E-state index contributed by atoms with van der Waals surface area (Å²) < 4.78 is 7.39. The molecule has 1 amide bonds. The number of carbonyl (C=O) groups is 1. The minimum atomic E-state index is -0.112. The number of nitrogens with zero attached hydrogens (tertiary/aromatic N) is 3. The molecule has 1 N–H and O–H groups in total. The van der Waals surface area contributed by atoms with Crippen LogP contribution in [-0.4, -0.2) is 39.9 Å². The van der Waals surface area contributed by atoms with E-state index in [0.717, 1.165) is 41.7 Å². The van der Waals surface area contributed by atoms with Gasteiger partial charge < -0.3 is 10.1 Å². The van der Waals surface area contributed by atoms with E-state index in [4.69, 9.17) is 9.72 Å². The molecule has 1 aliphatic heterocycles. The van der Waals surface area contributed by atoms with Gasteiger partial charge in [0.2, 0.25) is 0 Å². The largest absolute Gasteiger partial charge is 0.379 e. The van der Waals surface area contributed by atoms with Gasteiger partial charge in [0.05, 0.1) is 42.0 Å². The Morgan fingerprint density at radius 3 is 2.61 bits per heavy atom. The van der Waals surface area contributed by atoms with Gasteiger partial charge in [-0.15, -0.1) is 0 Å². The molecule has 2 aromatic heterocycles. The van der Waals surface area contributed by atoms with E-state index >= 15 is 0 Å². The highest BCUT2D eigenvalue weighted by atomic mass is 16.5. The molecule has 1 fully saturated rings. The number of pyridine rings is 1. The summed E-state index contributed by atoms with van der Waals surface area (Å²) in [5.74, 6) is -0.112. The minimum Gasteiger partial charge on any atom is -0.379 e. The van der Waals surface area contributed by atoms with Crippen molar-refractivity contribution >= 4 is 16.9 Å². The SMILES string of the molecule is O=C(NC1CCCOC1)c1cc(-c2ccccc2)nc2c1cnn2Cc1ccccc1. The summed E-state index contributed by atoms with van der Waals surface area (Å²) in [6, 6.07) is 22.0. The maximum absolute atomic E-state index is 13.2.